The summed E-state index contributed by atoms with van der Waals surface area (Å²) in [4.78, 5) is 106. The molecule has 0 aromatic rings. The van der Waals surface area contributed by atoms with Gasteiger partial charge in [-0.1, -0.05) is 13.8 Å². The summed E-state index contributed by atoms with van der Waals surface area (Å²) in [6.45, 7) is 2.71. The number of nitrogens with two attached hydrogens (primary N) is 4. The molecule has 7 unspecified atom stereocenters. The Kier molecular flexibility index (Phi) is 26.2. The van der Waals surface area contributed by atoms with Crippen LogP contribution >= 0.6 is 11.8 Å². The first kappa shape index (κ1) is 52.2. The topological polar surface area (TPSA) is 398 Å². The standard InChI is InChI=1S/C33H62N12O11S/c1-17(2)25(32(56)44-23(16-47)31(55)43-20(8-5-6-11-34)28(52)39-14-24(48)49)45-30(54)22(10-13-57-4)41-26(50)18(3)40-29(53)21(9-7-12-38-33(36)37)42-27(51)19(35)15-46/h17-23,25,46-47H,5-16,34-35H2,1-4H3,(H,39,52)(H,40,53)(H,41,50)(H,42,51)(H,43,55)(H,44,56)(H,45,54)(H,48,49)(H4,36,37,38). The number of carboxylic acids is 1. The zero-order valence-electron chi connectivity index (χ0n) is 32.9. The first-order valence-corrected chi connectivity index (χ1v) is 19.8. The number of nitrogens with zero attached hydrogens (tertiary/aromatic N) is 1. The lowest BCUT2D eigenvalue weighted by atomic mass is 10.0. The summed E-state index contributed by atoms with van der Waals surface area (Å²) in [7, 11) is 0. The molecule has 0 fully saturated rings. The molecule has 0 spiro atoms. The number of hydrogen-bond donors (Lipinski definition) is 14. The van der Waals surface area contributed by atoms with Gasteiger partial charge in [-0.05, 0) is 69.9 Å². The fourth-order valence-electron chi connectivity index (χ4n) is 4.88. The van der Waals surface area contributed by atoms with Crippen LogP contribution in [0.3, 0.4) is 0 Å². The first-order chi connectivity index (χ1) is 26.8. The maximum Gasteiger partial charge on any atom is 0.322 e. The van der Waals surface area contributed by atoms with E-state index in [2.05, 4.69) is 42.2 Å². The van der Waals surface area contributed by atoms with Gasteiger partial charge >= 0.3 is 5.97 Å². The van der Waals surface area contributed by atoms with Crippen LogP contribution in [0.1, 0.15) is 59.3 Å². The summed E-state index contributed by atoms with van der Waals surface area (Å²) in [5.41, 5.74) is 21.8. The van der Waals surface area contributed by atoms with E-state index in [1.54, 1.807) is 20.1 Å². The van der Waals surface area contributed by atoms with Crippen molar-refractivity contribution in [2.75, 3.05) is 44.9 Å². The summed E-state index contributed by atoms with van der Waals surface area (Å²) in [5.74, 6) is -7.41. The highest BCUT2D eigenvalue weighted by atomic mass is 32.2. The second kappa shape index (κ2) is 28.6. The number of thioether (sulfide) groups is 1. The first-order valence-electron chi connectivity index (χ1n) is 18.4. The average molecular weight is 835 g/mol. The van der Waals surface area contributed by atoms with Gasteiger partial charge < -0.3 is 75.5 Å². The highest BCUT2D eigenvalue weighted by Crippen LogP contribution is 2.08. The number of unbranched alkanes of at least 4 members (excludes halogenated alkanes) is 1. The van der Waals surface area contributed by atoms with Crippen molar-refractivity contribution in [3.63, 3.8) is 0 Å². The van der Waals surface area contributed by atoms with E-state index in [-0.39, 0.29) is 38.2 Å². The van der Waals surface area contributed by atoms with E-state index >= 15 is 0 Å². The number of carbonyl (C=O) groups is 8. The Balaban J connectivity index is 5.87. The van der Waals surface area contributed by atoms with Gasteiger partial charge in [0.2, 0.25) is 41.4 Å². The van der Waals surface area contributed by atoms with Gasteiger partial charge in [-0.2, -0.15) is 11.8 Å². The lowest BCUT2D eigenvalue weighted by molar-refractivity contribution is -0.139. The van der Waals surface area contributed by atoms with Crippen LogP contribution in [0, 0.1) is 5.92 Å². The van der Waals surface area contributed by atoms with Crippen molar-refractivity contribution in [1.29, 1.82) is 0 Å². The molecule has 23 nitrogen and oxygen atoms in total. The molecule has 326 valence electrons. The summed E-state index contributed by atoms with van der Waals surface area (Å²) in [6.07, 6.45) is 3.16. The Morgan fingerprint density at radius 1 is 0.649 bits per heavy atom. The Morgan fingerprint density at radius 2 is 1.18 bits per heavy atom. The zero-order valence-corrected chi connectivity index (χ0v) is 33.7. The number of carboxylic acid groups (broad SMARTS) is 1. The number of hydrogen-bond acceptors (Lipinski definition) is 14. The molecule has 0 saturated carbocycles. The quantitative estimate of drug-likeness (QED) is 0.0189. The molecule has 0 aromatic heterocycles. The predicted molar refractivity (Wildman–Crippen MR) is 211 cm³/mol. The molecule has 7 atom stereocenters. The molecule has 57 heavy (non-hydrogen) atoms. The molecule has 0 aliphatic carbocycles. The zero-order chi connectivity index (χ0) is 43.7. The molecule has 18 N–H and O–H groups in total. The molecule has 0 rings (SSSR count). The molecular formula is C33H62N12O11S. The van der Waals surface area contributed by atoms with E-state index in [0.29, 0.717) is 25.1 Å². The molecule has 0 aromatic carbocycles. The van der Waals surface area contributed by atoms with Crippen molar-refractivity contribution in [1.82, 2.24) is 37.2 Å². The second-order valence-corrected chi connectivity index (χ2v) is 14.3. The maximum absolute atomic E-state index is 13.6. The Morgan fingerprint density at radius 3 is 1.72 bits per heavy atom. The van der Waals surface area contributed by atoms with Gasteiger partial charge in [0.15, 0.2) is 5.96 Å². The van der Waals surface area contributed by atoms with Crippen molar-refractivity contribution in [3.8, 4) is 0 Å². The normalized spacial score (nSPS) is 14.6. The van der Waals surface area contributed by atoms with Gasteiger partial charge in [-0.3, -0.25) is 43.3 Å². The molecule has 0 aliphatic rings. The number of amides is 7. The smallest absolute Gasteiger partial charge is 0.322 e. The number of aliphatic imine (C=N–C) groups is 1. The minimum Gasteiger partial charge on any atom is -0.480 e. The Hall–Kier alpha value is -4.78. The van der Waals surface area contributed by atoms with E-state index in [4.69, 9.17) is 28.0 Å². The fourth-order valence-corrected chi connectivity index (χ4v) is 5.35. The van der Waals surface area contributed by atoms with Crippen molar-refractivity contribution in [3.05, 3.63) is 0 Å². The number of rotatable bonds is 29. The number of nitrogens with one attached hydrogen (secondary N) is 7. The summed E-state index contributed by atoms with van der Waals surface area (Å²) in [5, 5.41) is 45.1. The number of aliphatic hydroxyl groups excluding tert-OH is 2. The third-order valence-electron chi connectivity index (χ3n) is 8.16. The van der Waals surface area contributed by atoms with Gasteiger partial charge in [0.05, 0.1) is 13.2 Å². The number of aliphatic hydroxyl groups is 2. The van der Waals surface area contributed by atoms with Crippen LogP contribution in [0.2, 0.25) is 0 Å². The van der Waals surface area contributed by atoms with Gasteiger partial charge in [0.1, 0.15) is 48.8 Å². The summed E-state index contributed by atoms with van der Waals surface area (Å²) < 4.78 is 0. The highest BCUT2D eigenvalue weighted by Gasteiger charge is 2.33. The maximum atomic E-state index is 13.6. The third-order valence-corrected chi connectivity index (χ3v) is 8.81. The van der Waals surface area contributed by atoms with Gasteiger partial charge in [-0.15, -0.1) is 0 Å². The summed E-state index contributed by atoms with van der Waals surface area (Å²) >= 11 is 1.37. The lowest BCUT2D eigenvalue weighted by Crippen LogP contribution is -2.61. The second-order valence-electron chi connectivity index (χ2n) is 13.3. The SMILES string of the molecule is CSCCC(NC(=O)C(C)NC(=O)C(CCCN=C(N)N)NC(=O)C(N)CO)C(=O)NC(C(=O)NC(CO)C(=O)NC(CCCCN)C(=O)NCC(=O)O)C(C)C. The van der Waals surface area contributed by atoms with Crippen LogP contribution in [0.25, 0.3) is 0 Å². The molecule has 0 heterocycles. The highest BCUT2D eigenvalue weighted by molar-refractivity contribution is 7.98. The molecular weight excluding hydrogens is 773 g/mol. The van der Waals surface area contributed by atoms with Crippen LogP contribution < -0.4 is 60.2 Å². The molecule has 0 aliphatic heterocycles. The predicted octanol–water partition coefficient (Wildman–Crippen LogP) is -5.98. The minimum atomic E-state index is -1.57. The Labute approximate surface area is 335 Å². The minimum absolute atomic E-state index is 0.0363. The van der Waals surface area contributed by atoms with Gasteiger partial charge in [0, 0.05) is 6.54 Å². The summed E-state index contributed by atoms with van der Waals surface area (Å²) in [6, 6.07) is -8.99. The van der Waals surface area contributed by atoms with E-state index in [9.17, 15) is 48.6 Å². The van der Waals surface area contributed by atoms with Crippen LogP contribution in [0.5, 0.6) is 0 Å². The number of carbonyl (C=O) groups excluding carboxylic acids is 7. The van der Waals surface area contributed by atoms with E-state index in [0.717, 1.165) is 0 Å². The largest absolute Gasteiger partial charge is 0.480 e. The number of guanidine groups is 1. The monoisotopic (exact) mass is 834 g/mol. The third kappa shape index (κ3) is 21.4. The number of aliphatic carboxylic acids is 1. The van der Waals surface area contributed by atoms with E-state index in [1.165, 1.54) is 18.7 Å². The van der Waals surface area contributed by atoms with Crippen molar-refractivity contribution < 1.29 is 53.7 Å². The van der Waals surface area contributed by atoms with Gasteiger partial charge in [0.25, 0.3) is 0 Å². The van der Waals surface area contributed by atoms with Crippen LogP contribution in [0.4, 0.5) is 0 Å². The average Bonchev–Trinajstić information content (AvgIpc) is 3.15. The van der Waals surface area contributed by atoms with Crippen molar-refractivity contribution in [2.24, 2.45) is 33.8 Å². The van der Waals surface area contributed by atoms with Crippen molar-refractivity contribution >= 4 is 65.0 Å². The lowest BCUT2D eigenvalue weighted by Gasteiger charge is -2.28. The van der Waals surface area contributed by atoms with Crippen LogP contribution in [-0.4, -0.2) is 156 Å². The van der Waals surface area contributed by atoms with E-state index < -0.39 is 115 Å². The molecule has 0 saturated heterocycles. The van der Waals surface area contributed by atoms with Crippen LogP contribution in [0.15, 0.2) is 4.99 Å². The van der Waals surface area contributed by atoms with E-state index in [1.807, 2.05) is 0 Å². The van der Waals surface area contributed by atoms with Gasteiger partial charge in [-0.25, -0.2) is 0 Å². The van der Waals surface area contributed by atoms with Crippen LogP contribution in [-0.2, 0) is 38.4 Å². The fraction of sp³-hybridized carbons (Fsp3) is 0.727. The molecule has 24 heteroatoms. The molecule has 0 bridgehead atoms. The Bertz CT molecular complexity index is 1370. The van der Waals surface area contributed by atoms with Crippen molar-refractivity contribution in [2.45, 2.75) is 102 Å². The molecule has 0 radical (unpaired) electrons. The molecule has 7 amide bonds.